The zero-order valence-corrected chi connectivity index (χ0v) is 23.4. The van der Waals surface area contributed by atoms with Crippen molar-refractivity contribution in [3.8, 4) is 0 Å². The number of hydrogen-bond donors (Lipinski definition) is 3. The molecular weight excluding hydrogens is 508 g/mol. The van der Waals surface area contributed by atoms with Gasteiger partial charge in [0, 0.05) is 29.2 Å². The topological polar surface area (TPSA) is 90.5 Å². The summed E-state index contributed by atoms with van der Waals surface area (Å²) in [7, 11) is -3.42. The summed E-state index contributed by atoms with van der Waals surface area (Å²) in [5, 5.41) is 6.11. The first kappa shape index (κ1) is 27.0. The number of carbonyl (C=O) groups excluding carboxylic acids is 1. The van der Waals surface area contributed by atoms with Crippen LogP contribution in [0.25, 0.3) is 11.3 Å². The molecule has 1 saturated carbocycles. The molecule has 7 nitrogen and oxygen atoms in total. The second kappa shape index (κ2) is 11.6. The predicted molar refractivity (Wildman–Crippen MR) is 160 cm³/mol. The van der Waals surface area contributed by atoms with Crippen molar-refractivity contribution < 1.29 is 13.2 Å². The largest absolute Gasteiger partial charge is 0.354 e. The van der Waals surface area contributed by atoms with E-state index in [1.165, 1.54) is 5.56 Å². The SMILES string of the molecule is CCCN(CCC)Cc1ccc(NC(=C2C(=O)Nc3ccc(NS(=O)(=O)C4CC4)cc32)c2ccccc2)cc1. The molecule has 0 saturated heterocycles. The summed E-state index contributed by atoms with van der Waals surface area (Å²) in [6.07, 6.45) is 3.62. The van der Waals surface area contributed by atoms with Gasteiger partial charge in [-0.05, 0) is 80.2 Å². The van der Waals surface area contributed by atoms with Gasteiger partial charge in [-0.3, -0.25) is 14.4 Å². The number of fused-ring (bicyclic) bond motifs is 1. The highest BCUT2D eigenvalue weighted by Crippen LogP contribution is 2.39. The Morgan fingerprint density at radius 3 is 2.23 bits per heavy atom. The van der Waals surface area contributed by atoms with Gasteiger partial charge in [-0.15, -0.1) is 0 Å². The molecule has 0 unspecified atom stereocenters. The minimum atomic E-state index is -3.42. The molecule has 1 heterocycles. The van der Waals surface area contributed by atoms with Crippen LogP contribution in [-0.2, 0) is 21.4 Å². The summed E-state index contributed by atoms with van der Waals surface area (Å²) in [6.45, 7) is 7.47. The Balaban J connectivity index is 1.48. The van der Waals surface area contributed by atoms with E-state index in [1.54, 1.807) is 18.2 Å². The van der Waals surface area contributed by atoms with Gasteiger partial charge < -0.3 is 10.6 Å². The van der Waals surface area contributed by atoms with E-state index in [1.807, 2.05) is 42.5 Å². The molecule has 1 amide bonds. The Bertz CT molecular complexity index is 1460. The van der Waals surface area contributed by atoms with Crippen LogP contribution in [-0.4, -0.2) is 37.6 Å². The highest BCUT2D eigenvalue weighted by Gasteiger charge is 2.36. The maximum absolute atomic E-state index is 13.3. The molecule has 0 aromatic heterocycles. The molecule has 0 bridgehead atoms. The fourth-order valence-electron chi connectivity index (χ4n) is 4.99. The van der Waals surface area contributed by atoms with E-state index >= 15 is 0 Å². The van der Waals surface area contributed by atoms with E-state index in [0.29, 0.717) is 41.1 Å². The summed E-state index contributed by atoms with van der Waals surface area (Å²) in [4.78, 5) is 15.8. The molecule has 0 atom stereocenters. The van der Waals surface area contributed by atoms with Crippen molar-refractivity contribution in [2.24, 2.45) is 0 Å². The maximum Gasteiger partial charge on any atom is 0.258 e. The highest BCUT2D eigenvalue weighted by atomic mass is 32.2. The molecule has 3 N–H and O–H groups in total. The summed E-state index contributed by atoms with van der Waals surface area (Å²) in [6, 6.07) is 23.3. The summed E-state index contributed by atoms with van der Waals surface area (Å²) >= 11 is 0. The van der Waals surface area contributed by atoms with Crippen molar-refractivity contribution in [1.82, 2.24) is 4.90 Å². The molecule has 2 aliphatic rings. The van der Waals surface area contributed by atoms with Crippen LogP contribution in [0.2, 0.25) is 0 Å². The number of nitrogens with zero attached hydrogens (tertiary/aromatic N) is 1. The van der Waals surface area contributed by atoms with E-state index in [0.717, 1.165) is 43.7 Å². The molecule has 39 heavy (non-hydrogen) atoms. The number of amides is 1. The minimum absolute atomic E-state index is 0.232. The molecule has 0 radical (unpaired) electrons. The van der Waals surface area contributed by atoms with Gasteiger partial charge in [0.1, 0.15) is 0 Å². The second-order valence-electron chi connectivity index (χ2n) is 10.3. The Labute approximate surface area is 231 Å². The van der Waals surface area contributed by atoms with Crippen molar-refractivity contribution in [2.45, 2.75) is 51.3 Å². The lowest BCUT2D eigenvalue weighted by Gasteiger charge is -2.21. The van der Waals surface area contributed by atoms with Crippen LogP contribution in [0.4, 0.5) is 17.1 Å². The molecular formula is C31H36N4O3S. The Hall–Kier alpha value is -3.62. The average molecular weight is 545 g/mol. The Morgan fingerprint density at radius 1 is 0.923 bits per heavy atom. The van der Waals surface area contributed by atoms with Gasteiger partial charge >= 0.3 is 0 Å². The van der Waals surface area contributed by atoms with Crippen LogP contribution >= 0.6 is 0 Å². The molecule has 204 valence electrons. The normalized spacial score (nSPS) is 16.1. The third-order valence-electron chi connectivity index (χ3n) is 7.01. The molecule has 8 heteroatoms. The molecule has 1 aliphatic heterocycles. The van der Waals surface area contributed by atoms with E-state index in [2.05, 4.69) is 46.2 Å². The van der Waals surface area contributed by atoms with E-state index in [9.17, 15) is 13.2 Å². The first-order chi connectivity index (χ1) is 18.9. The number of carbonyl (C=O) groups is 1. The smallest absolute Gasteiger partial charge is 0.258 e. The summed E-state index contributed by atoms with van der Waals surface area (Å²) in [5.74, 6) is -0.232. The first-order valence-corrected chi connectivity index (χ1v) is 15.3. The zero-order valence-electron chi connectivity index (χ0n) is 22.5. The third-order valence-corrected chi connectivity index (χ3v) is 8.88. The number of nitrogens with one attached hydrogen (secondary N) is 3. The minimum Gasteiger partial charge on any atom is -0.354 e. The van der Waals surface area contributed by atoms with Crippen molar-refractivity contribution in [3.05, 3.63) is 89.5 Å². The van der Waals surface area contributed by atoms with Gasteiger partial charge in [-0.25, -0.2) is 8.42 Å². The maximum atomic E-state index is 13.3. The van der Waals surface area contributed by atoms with Crippen molar-refractivity contribution in [3.63, 3.8) is 0 Å². The van der Waals surface area contributed by atoms with Crippen LogP contribution < -0.4 is 15.4 Å². The molecule has 3 aromatic rings. The van der Waals surface area contributed by atoms with Crippen molar-refractivity contribution in [2.75, 3.05) is 28.4 Å². The van der Waals surface area contributed by atoms with E-state index in [4.69, 9.17) is 0 Å². The van der Waals surface area contributed by atoms with Gasteiger partial charge in [-0.1, -0.05) is 56.3 Å². The Morgan fingerprint density at radius 2 is 1.59 bits per heavy atom. The van der Waals surface area contributed by atoms with Gasteiger partial charge in [-0.2, -0.15) is 0 Å². The monoisotopic (exact) mass is 544 g/mol. The Kier molecular flexibility index (Phi) is 8.04. The van der Waals surface area contributed by atoms with Crippen molar-refractivity contribution >= 4 is 44.3 Å². The van der Waals surface area contributed by atoms with E-state index in [-0.39, 0.29) is 11.2 Å². The molecule has 5 rings (SSSR count). The predicted octanol–water partition coefficient (Wildman–Crippen LogP) is 6.15. The number of rotatable bonds is 12. The highest BCUT2D eigenvalue weighted by molar-refractivity contribution is 7.93. The average Bonchev–Trinajstić information content (AvgIpc) is 3.74. The van der Waals surface area contributed by atoms with Gasteiger partial charge in [0.2, 0.25) is 10.0 Å². The lowest BCUT2D eigenvalue weighted by Crippen LogP contribution is -2.24. The van der Waals surface area contributed by atoms with E-state index < -0.39 is 10.0 Å². The van der Waals surface area contributed by atoms with Crippen molar-refractivity contribution in [1.29, 1.82) is 0 Å². The molecule has 1 aliphatic carbocycles. The molecule has 3 aromatic carbocycles. The van der Waals surface area contributed by atoms with Gasteiger partial charge in [0.05, 0.1) is 16.5 Å². The lowest BCUT2D eigenvalue weighted by molar-refractivity contribution is -0.110. The fourth-order valence-corrected chi connectivity index (χ4v) is 6.37. The van der Waals surface area contributed by atoms with Crippen LogP contribution in [0, 0.1) is 0 Å². The zero-order chi connectivity index (χ0) is 27.4. The third kappa shape index (κ3) is 6.34. The quantitative estimate of drug-likeness (QED) is 0.238. The number of hydrogen-bond acceptors (Lipinski definition) is 5. The number of anilines is 3. The van der Waals surface area contributed by atoms with Gasteiger partial charge in [0.25, 0.3) is 5.91 Å². The van der Waals surface area contributed by atoms with Gasteiger partial charge in [0.15, 0.2) is 0 Å². The molecule has 0 spiro atoms. The summed E-state index contributed by atoms with van der Waals surface area (Å²) in [5.41, 5.74) is 5.89. The summed E-state index contributed by atoms with van der Waals surface area (Å²) < 4.78 is 27.8. The standard InChI is InChI=1S/C31H36N4O3S/c1-3-18-35(19-4-2)21-22-10-12-24(13-11-22)32-30(23-8-6-5-7-9-23)29-27-20-25(14-17-28(27)33-31(29)36)34-39(37,38)26-15-16-26/h5-14,17,20,26,32,34H,3-4,15-16,18-19,21H2,1-2H3,(H,33,36). The molecule has 1 fully saturated rings. The first-order valence-electron chi connectivity index (χ1n) is 13.7. The van der Waals surface area contributed by atoms with Crippen LogP contribution in [0.5, 0.6) is 0 Å². The van der Waals surface area contributed by atoms with Crippen LogP contribution in [0.15, 0.2) is 72.8 Å². The fraction of sp³-hybridized carbons (Fsp3) is 0.323. The number of sulfonamides is 1. The van der Waals surface area contributed by atoms with Crippen LogP contribution in [0.1, 0.15) is 56.2 Å². The lowest BCUT2D eigenvalue weighted by atomic mass is 9.99. The van der Waals surface area contributed by atoms with Crippen LogP contribution in [0.3, 0.4) is 0 Å². The number of benzene rings is 3. The second-order valence-corrected chi connectivity index (χ2v) is 12.2.